The van der Waals surface area contributed by atoms with Crippen molar-refractivity contribution in [2.75, 3.05) is 20.1 Å². The van der Waals surface area contributed by atoms with Gasteiger partial charge in [0.25, 0.3) is 0 Å². The van der Waals surface area contributed by atoms with Gasteiger partial charge in [-0.2, -0.15) is 0 Å². The lowest BCUT2D eigenvalue weighted by molar-refractivity contribution is 0.299. The molecule has 0 radical (unpaired) electrons. The van der Waals surface area contributed by atoms with Gasteiger partial charge in [0.1, 0.15) is 5.82 Å². The monoisotopic (exact) mass is 434 g/mol. The number of nitrogens with zero attached hydrogens (tertiary/aromatic N) is 2. The van der Waals surface area contributed by atoms with E-state index < -0.39 is 0 Å². The summed E-state index contributed by atoms with van der Waals surface area (Å²) in [6.45, 7) is 1.89. The zero-order chi connectivity index (χ0) is 19.7. The predicted octanol–water partition coefficient (Wildman–Crippen LogP) is 6.40. The molecule has 146 valence electrons. The average Bonchev–Trinajstić information content (AvgIpc) is 3.09. The van der Waals surface area contributed by atoms with E-state index in [1.54, 1.807) is 23.5 Å². The summed E-state index contributed by atoms with van der Waals surface area (Å²) in [4.78, 5) is 8.29. The quantitative estimate of drug-likeness (QED) is 0.463. The highest BCUT2D eigenvalue weighted by Crippen LogP contribution is 2.32. The molecule has 1 unspecified atom stereocenters. The van der Waals surface area contributed by atoms with Crippen molar-refractivity contribution in [3.05, 3.63) is 63.7 Å². The van der Waals surface area contributed by atoms with Gasteiger partial charge in [-0.05, 0) is 74.8 Å². The molecule has 0 aliphatic carbocycles. The summed E-state index contributed by atoms with van der Waals surface area (Å²) < 4.78 is 14.9. The Labute approximate surface area is 178 Å². The number of halogens is 3. The van der Waals surface area contributed by atoms with Crippen LogP contribution in [-0.4, -0.2) is 31.1 Å². The smallest absolute Gasteiger partial charge is 0.123 e. The van der Waals surface area contributed by atoms with Crippen LogP contribution in [0.25, 0.3) is 20.5 Å². The summed E-state index contributed by atoms with van der Waals surface area (Å²) in [5.41, 5.74) is 0.984. The summed E-state index contributed by atoms with van der Waals surface area (Å²) in [5.74, 6) is -0.242. The Morgan fingerprint density at radius 2 is 2.00 bits per heavy atom. The summed E-state index contributed by atoms with van der Waals surface area (Å²) in [5, 5.41) is 2.74. The average molecular weight is 435 g/mol. The lowest BCUT2D eigenvalue weighted by atomic mass is 10.1. The van der Waals surface area contributed by atoms with Gasteiger partial charge >= 0.3 is 0 Å². The minimum absolute atomic E-state index is 0.242. The zero-order valence-electron chi connectivity index (χ0n) is 15.6. The van der Waals surface area contributed by atoms with Gasteiger partial charge in [-0.1, -0.05) is 29.3 Å². The van der Waals surface area contributed by atoms with Gasteiger partial charge in [0.15, 0.2) is 0 Å². The summed E-state index contributed by atoms with van der Waals surface area (Å²) in [6, 6.07) is 13.1. The standard InChI is InChI=1S/C22H21Cl2FN2S/c1-27-10-2-3-16(27)8-9-26-20-13-22(14-4-6-18(23)19(24)11-14)28-21-7-5-15(25)12-17(20)21/h4-7,11-13,16H,2-3,8-10H2,1H3. The minimum Gasteiger partial charge on any atom is -0.303 e. The SMILES string of the molecule is CN1CCCC1CCN=c1cc(-c2ccc(Cl)c(Cl)c2)sc2ccc(F)cc12. The van der Waals surface area contributed by atoms with Gasteiger partial charge in [0.05, 0.1) is 15.4 Å². The fourth-order valence-corrected chi connectivity index (χ4v) is 5.10. The second-order valence-electron chi connectivity index (χ2n) is 7.21. The lowest BCUT2D eigenvalue weighted by Crippen LogP contribution is -2.25. The Kier molecular flexibility index (Phi) is 6.02. The minimum atomic E-state index is -0.242. The van der Waals surface area contributed by atoms with Crippen LogP contribution in [0.4, 0.5) is 4.39 Å². The van der Waals surface area contributed by atoms with Crippen molar-refractivity contribution in [2.24, 2.45) is 4.99 Å². The van der Waals surface area contributed by atoms with Crippen LogP contribution in [0.3, 0.4) is 0 Å². The number of hydrogen-bond acceptors (Lipinski definition) is 3. The Morgan fingerprint density at radius 1 is 1.14 bits per heavy atom. The Bertz CT molecular complexity index is 1080. The molecule has 0 bridgehead atoms. The molecular formula is C22H21Cl2FN2S. The topological polar surface area (TPSA) is 15.6 Å². The number of benzene rings is 2. The number of rotatable bonds is 4. The molecule has 2 aromatic carbocycles. The van der Waals surface area contributed by atoms with E-state index in [0.717, 1.165) is 45.4 Å². The molecule has 0 spiro atoms. The Morgan fingerprint density at radius 3 is 2.75 bits per heavy atom. The molecule has 0 N–H and O–H groups in total. The van der Waals surface area contributed by atoms with Crippen molar-refractivity contribution in [2.45, 2.75) is 25.3 Å². The first-order chi connectivity index (χ1) is 13.5. The number of hydrogen-bond donors (Lipinski definition) is 0. The lowest BCUT2D eigenvalue weighted by Gasteiger charge is -2.17. The molecule has 0 saturated carbocycles. The van der Waals surface area contributed by atoms with Gasteiger partial charge in [-0.15, -0.1) is 11.3 Å². The highest BCUT2D eigenvalue weighted by molar-refractivity contribution is 7.21. The van der Waals surface area contributed by atoms with E-state index in [9.17, 15) is 4.39 Å². The first kappa shape index (κ1) is 19.8. The predicted molar refractivity (Wildman–Crippen MR) is 118 cm³/mol. The number of fused-ring (bicyclic) bond motifs is 1. The van der Waals surface area contributed by atoms with E-state index in [2.05, 4.69) is 11.9 Å². The highest BCUT2D eigenvalue weighted by Gasteiger charge is 2.19. The molecule has 6 heteroatoms. The summed E-state index contributed by atoms with van der Waals surface area (Å²) >= 11 is 13.9. The molecule has 3 aromatic rings. The molecule has 4 rings (SSSR count). The molecule has 28 heavy (non-hydrogen) atoms. The van der Waals surface area contributed by atoms with Crippen molar-refractivity contribution < 1.29 is 4.39 Å². The maximum atomic E-state index is 13.9. The fraction of sp³-hybridized carbons (Fsp3) is 0.318. The van der Waals surface area contributed by atoms with E-state index in [-0.39, 0.29) is 5.82 Å². The first-order valence-electron chi connectivity index (χ1n) is 9.41. The van der Waals surface area contributed by atoms with Crippen molar-refractivity contribution in [1.82, 2.24) is 4.90 Å². The first-order valence-corrected chi connectivity index (χ1v) is 11.0. The second-order valence-corrected chi connectivity index (χ2v) is 9.11. The van der Waals surface area contributed by atoms with Crippen molar-refractivity contribution in [3.8, 4) is 10.4 Å². The van der Waals surface area contributed by atoms with Gasteiger partial charge in [0.2, 0.25) is 0 Å². The summed E-state index contributed by atoms with van der Waals surface area (Å²) in [6.07, 6.45) is 3.50. The third kappa shape index (κ3) is 4.25. The van der Waals surface area contributed by atoms with Gasteiger partial charge in [0, 0.05) is 27.5 Å². The Hall–Kier alpha value is -1.46. The van der Waals surface area contributed by atoms with Crippen LogP contribution >= 0.6 is 34.5 Å². The molecule has 1 fully saturated rings. The van der Waals surface area contributed by atoms with Crippen molar-refractivity contribution in [3.63, 3.8) is 0 Å². The second kappa shape index (κ2) is 8.50. The van der Waals surface area contributed by atoms with Crippen LogP contribution in [-0.2, 0) is 0 Å². The highest BCUT2D eigenvalue weighted by atomic mass is 35.5. The molecule has 1 aromatic heterocycles. The van der Waals surface area contributed by atoms with E-state index in [4.69, 9.17) is 28.2 Å². The third-order valence-corrected chi connectivity index (χ3v) is 7.21. The maximum Gasteiger partial charge on any atom is 0.123 e. The summed E-state index contributed by atoms with van der Waals surface area (Å²) in [7, 11) is 2.18. The molecule has 2 heterocycles. The van der Waals surface area contributed by atoms with Gasteiger partial charge in [-0.3, -0.25) is 4.99 Å². The zero-order valence-corrected chi connectivity index (χ0v) is 17.9. The number of likely N-dealkylation sites (tertiary alicyclic amines) is 1. The maximum absolute atomic E-state index is 13.9. The van der Waals surface area contributed by atoms with Crippen LogP contribution < -0.4 is 5.36 Å². The van der Waals surface area contributed by atoms with E-state index in [1.807, 2.05) is 24.3 Å². The molecular weight excluding hydrogens is 414 g/mol. The molecule has 1 saturated heterocycles. The van der Waals surface area contributed by atoms with E-state index in [1.165, 1.54) is 18.9 Å². The molecule has 2 nitrogen and oxygen atoms in total. The largest absolute Gasteiger partial charge is 0.303 e. The van der Waals surface area contributed by atoms with Gasteiger partial charge in [-0.25, -0.2) is 4.39 Å². The molecule has 0 amide bonds. The van der Waals surface area contributed by atoms with Crippen molar-refractivity contribution in [1.29, 1.82) is 0 Å². The van der Waals surface area contributed by atoms with Crippen LogP contribution in [0.2, 0.25) is 10.0 Å². The normalized spacial score (nSPS) is 18.3. The third-order valence-electron chi connectivity index (χ3n) is 5.33. The molecule has 1 aliphatic rings. The van der Waals surface area contributed by atoms with E-state index in [0.29, 0.717) is 16.1 Å². The van der Waals surface area contributed by atoms with Gasteiger partial charge < -0.3 is 4.90 Å². The molecule has 1 atom stereocenters. The molecule has 1 aliphatic heterocycles. The van der Waals surface area contributed by atoms with Crippen LogP contribution in [0.5, 0.6) is 0 Å². The van der Waals surface area contributed by atoms with Crippen molar-refractivity contribution >= 4 is 44.6 Å². The Balaban J connectivity index is 1.75. The van der Waals surface area contributed by atoms with Crippen LogP contribution in [0.15, 0.2) is 47.5 Å². The fourth-order valence-electron chi connectivity index (χ4n) is 3.74. The van der Waals surface area contributed by atoms with Crippen LogP contribution in [0.1, 0.15) is 19.3 Å². The van der Waals surface area contributed by atoms with E-state index >= 15 is 0 Å². The van der Waals surface area contributed by atoms with Crippen LogP contribution in [0, 0.1) is 5.82 Å².